The van der Waals surface area contributed by atoms with Gasteiger partial charge in [-0.05, 0) is 26.2 Å². The topological polar surface area (TPSA) is 46.9 Å². The Kier molecular flexibility index (Phi) is 11.3. The maximum atomic E-state index is 12.0. The van der Waals surface area contributed by atoms with E-state index < -0.39 is 0 Å². The Bertz CT molecular complexity index is 985. The van der Waals surface area contributed by atoms with Crippen LogP contribution in [-0.4, -0.2) is 27.8 Å². The SMILES string of the molecule is CCCCCCCC(=O)NCCCCSc1nc(-c2ccccc2)c(-c2ccccc2)n1CC. The molecule has 5 heteroatoms. The number of unbranched alkanes of at least 4 members (excludes halogenated alkanes) is 5. The molecule has 0 radical (unpaired) electrons. The molecule has 0 bridgehead atoms. The Morgan fingerprint density at radius 2 is 1.53 bits per heavy atom. The summed E-state index contributed by atoms with van der Waals surface area (Å²) in [5.41, 5.74) is 4.57. The smallest absolute Gasteiger partial charge is 0.219 e. The lowest BCUT2D eigenvalue weighted by molar-refractivity contribution is -0.121. The van der Waals surface area contributed by atoms with Crippen molar-refractivity contribution in [3.05, 3.63) is 60.7 Å². The number of imidazole rings is 1. The summed E-state index contributed by atoms with van der Waals surface area (Å²) >= 11 is 1.82. The fourth-order valence-corrected chi connectivity index (χ4v) is 5.18. The van der Waals surface area contributed by atoms with Crippen LogP contribution in [0, 0.1) is 0 Å². The van der Waals surface area contributed by atoms with Crippen LogP contribution in [0.4, 0.5) is 0 Å². The third-order valence-corrected chi connectivity index (χ3v) is 7.04. The summed E-state index contributed by atoms with van der Waals surface area (Å²) in [6.45, 7) is 6.04. The minimum atomic E-state index is 0.200. The van der Waals surface area contributed by atoms with Crippen LogP contribution in [0.1, 0.15) is 65.2 Å². The highest BCUT2D eigenvalue weighted by Gasteiger charge is 2.19. The zero-order valence-electron chi connectivity index (χ0n) is 20.8. The number of rotatable bonds is 15. The van der Waals surface area contributed by atoms with Gasteiger partial charge in [0.2, 0.25) is 5.91 Å². The number of benzene rings is 2. The summed E-state index contributed by atoms with van der Waals surface area (Å²) in [6.07, 6.45) is 8.65. The van der Waals surface area contributed by atoms with Crippen LogP contribution in [0.25, 0.3) is 22.5 Å². The second kappa shape index (κ2) is 14.7. The summed E-state index contributed by atoms with van der Waals surface area (Å²) in [4.78, 5) is 17.1. The van der Waals surface area contributed by atoms with Crippen molar-refractivity contribution in [1.82, 2.24) is 14.9 Å². The van der Waals surface area contributed by atoms with Gasteiger partial charge in [-0.25, -0.2) is 4.98 Å². The predicted molar refractivity (Wildman–Crippen MR) is 145 cm³/mol. The molecule has 182 valence electrons. The largest absolute Gasteiger partial charge is 0.356 e. The second-order valence-electron chi connectivity index (χ2n) is 8.64. The van der Waals surface area contributed by atoms with E-state index in [0.29, 0.717) is 6.42 Å². The summed E-state index contributed by atoms with van der Waals surface area (Å²) in [6, 6.07) is 21.0. The Morgan fingerprint density at radius 3 is 2.21 bits per heavy atom. The lowest BCUT2D eigenvalue weighted by Crippen LogP contribution is -2.24. The molecule has 1 N–H and O–H groups in total. The first-order valence-corrected chi connectivity index (χ1v) is 13.8. The van der Waals surface area contributed by atoms with Crippen LogP contribution >= 0.6 is 11.8 Å². The third-order valence-electron chi connectivity index (χ3n) is 5.98. The molecule has 4 nitrogen and oxygen atoms in total. The maximum absolute atomic E-state index is 12.0. The average molecular weight is 478 g/mol. The van der Waals surface area contributed by atoms with Gasteiger partial charge in [-0.1, -0.05) is 105 Å². The van der Waals surface area contributed by atoms with E-state index in [4.69, 9.17) is 4.98 Å². The zero-order valence-corrected chi connectivity index (χ0v) is 21.6. The fraction of sp³-hybridized carbons (Fsp3) is 0.448. The van der Waals surface area contributed by atoms with Crippen LogP contribution in [0.3, 0.4) is 0 Å². The van der Waals surface area contributed by atoms with Crippen LogP contribution in [0.5, 0.6) is 0 Å². The van der Waals surface area contributed by atoms with Crippen molar-refractivity contribution in [3.8, 4) is 22.5 Å². The van der Waals surface area contributed by atoms with E-state index in [1.54, 1.807) is 0 Å². The number of nitrogens with zero attached hydrogens (tertiary/aromatic N) is 2. The molecule has 0 atom stereocenters. The first-order valence-electron chi connectivity index (χ1n) is 12.9. The van der Waals surface area contributed by atoms with Gasteiger partial charge in [-0.15, -0.1) is 0 Å². The van der Waals surface area contributed by atoms with Gasteiger partial charge in [0.05, 0.1) is 11.4 Å². The van der Waals surface area contributed by atoms with E-state index in [1.165, 1.54) is 30.5 Å². The van der Waals surface area contributed by atoms with Gasteiger partial charge in [0.1, 0.15) is 0 Å². The van der Waals surface area contributed by atoms with Crippen LogP contribution < -0.4 is 5.32 Å². The molecule has 0 fully saturated rings. The molecule has 0 spiro atoms. The zero-order chi connectivity index (χ0) is 24.0. The first kappa shape index (κ1) is 26.1. The van der Waals surface area contributed by atoms with Gasteiger partial charge in [0.15, 0.2) is 5.16 Å². The summed E-state index contributed by atoms with van der Waals surface area (Å²) in [5, 5.41) is 4.15. The molecule has 3 aromatic rings. The highest BCUT2D eigenvalue weighted by Crippen LogP contribution is 2.36. The molecule has 0 aliphatic carbocycles. The second-order valence-corrected chi connectivity index (χ2v) is 9.70. The van der Waals surface area contributed by atoms with Crippen molar-refractivity contribution >= 4 is 17.7 Å². The van der Waals surface area contributed by atoms with Crippen molar-refractivity contribution in [2.24, 2.45) is 0 Å². The first-order chi connectivity index (χ1) is 16.7. The van der Waals surface area contributed by atoms with Gasteiger partial charge >= 0.3 is 0 Å². The van der Waals surface area contributed by atoms with Crippen molar-refractivity contribution in [3.63, 3.8) is 0 Å². The van der Waals surface area contributed by atoms with E-state index >= 15 is 0 Å². The van der Waals surface area contributed by atoms with Gasteiger partial charge in [-0.2, -0.15) is 0 Å². The van der Waals surface area contributed by atoms with E-state index in [1.807, 2.05) is 17.8 Å². The molecule has 0 unspecified atom stereocenters. The van der Waals surface area contributed by atoms with Crippen molar-refractivity contribution in [2.75, 3.05) is 12.3 Å². The van der Waals surface area contributed by atoms with E-state index in [2.05, 4.69) is 78.3 Å². The minimum absolute atomic E-state index is 0.200. The van der Waals surface area contributed by atoms with E-state index in [-0.39, 0.29) is 5.91 Å². The normalized spacial score (nSPS) is 11.0. The Hall–Kier alpha value is -2.53. The standard InChI is InChI=1S/C29H39N3OS/c1-3-5-6-7-14-21-26(33)30-22-15-16-23-34-29-31-27(24-17-10-8-11-18-24)28(32(29)4-2)25-19-12-9-13-20-25/h8-13,17-20H,3-7,14-16,21-23H2,1-2H3,(H,30,33). The lowest BCUT2D eigenvalue weighted by Gasteiger charge is -2.11. The van der Waals surface area contributed by atoms with Crippen molar-refractivity contribution < 1.29 is 4.79 Å². The summed E-state index contributed by atoms with van der Waals surface area (Å²) in [5.74, 6) is 1.19. The number of carbonyl (C=O) groups excluding carboxylic acids is 1. The number of thioether (sulfide) groups is 1. The molecule has 2 aromatic carbocycles. The van der Waals surface area contributed by atoms with Crippen LogP contribution in [0.2, 0.25) is 0 Å². The molecule has 3 rings (SSSR count). The molecule has 1 heterocycles. The van der Waals surface area contributed by atoms with Crippen LogP contribution in [0.15, 0.2) is 65.8 Å². The maximum Gasteiger partial charge on any atom is 0.219 e. The number of amides is 1. The quantitative estimate of drug-likeness (QED) is 0.181. The number of carbonyl (C=O) groups is 1. The van der Waals surface area contributed by atoms with Crippen molar-refractivity contribution in [2.45, 2.75) is 76.9 Å². The molecular formula is C29H39N3OS. The molecular weight excluding hydrogens is 438 g/mol. The average Bonchev–Trinajstić information content (AvgIpc) is 3.25. The van der Waals surface area contributed by atoms with Crippen LogP contribution in [-0.2, 0) is 11.3 Å². The van der Waals surface area contributed by atoms with Gasteiger partial charge in [-0.3, -0.25) is 4.79 Å². The lowest BCUT2D eigenvalue weighted by atomic mass is 10.0. The van der Waals surface area contributed by atoms with Gasteiger partial charge in [0.25, 0.3) is 0 Å². The number of hydrogen-bond donors (Lipinski definition) is 1. The monoisotopic (exact) mass is 477 g/mol. The third kappa shape index (κ3) is 7.76. The summed E-state index contributed by atoms with van der Waals surface area (Å²) in [7, 11) is 0. The molecule has 0 aliphatic heterocycles. The van der Waals surface area contributed by atoms with E-state index in [0.717, 1.165) is 60.9 Å². The molecule has 34 heavy (non-hydrogen) atoms. The Balaban J connectivity index is 1.54. The molecule has 1 aromatic heterocycles. The van der Waals surface area contributed by atoms with Gasteiger partial charge in [0, 0.05) is 36.4 Å². The Labute approximate surface area is 209 Å². The molecule has 1 amide bonds. The minimum Gasteiger partial charge on any atom is -0.356 e. The number of aromatic nitrogens is 2. The molecule has 0 aliphatic rings. The number of hydrogen-bond acceptors (Lipinski definition) is 3. The number of nitrogens with one attached hydrogen (secondary N) is 1. The molecule has 0 saturated heterocycles. The van der Waals surface area contributed by atoms with Gasteiger partial charge < -0.3 is 9.88 Å². The van der Waals surface area contributed by atoms with Crippen molar-refractivity contribution in [1.29, 1.82) is 0 Å². The Morgan fingerprint density at radius 1 is 0.853 bits per heavy atom. The highest BCUT2D eigenvalue weighted by atomic mass is 32.2. The fourth-order valence-electron chi connectivity index (χ4n) is 4.12. The summed E-state index contributed by atoms with van der Waals surface area (Å²) < 4.78 is 2.34. The highest BCUT2D eigenvalue weighted by molar-refractivity contribution is 7.99. The van der Waals surface area contributed by atoms with E-state index in [9.17, 15) is 4.79 Å². The predicted octanol–water partition coefficient (Wildman–Crippen LogP) is 7.59. The molecule has 0 saturated carbocycles.